The molecule has 0 radical (unpaired) electrons. The first-order valence-corrected chi connectivity index (χ1v) is 15.0. The van der Waals surface area contributed by atoms with Crippen molar-refractivity contribution in [2.24, 2.45) is 0 Å². The molecule has 9 N–H and O–H groups in total. The number of aliphatic hydroxyl groups excluding tert-OH is 9. The molecule has 0 aliphatic heterocycles. The van der Waals surface area contributed by atoms with E-state index in [0.29, 0.717) is 92.5 Å². The number of hydrogen-bond donors (Lipinski definition) is 9. The Morgan fingerprint density at radius 3 is 0.889 bits per heavy atom. The Bertz CT molecular complexity index is 434. The normalized spacial score (nSPS) is 12.7. The van der Waals surface area contributed by atoms with Crippen LogP contribution < -0.4 is 0 Å². The van der Waals surface area contributed by atoms with Gasteiger partial charge in [-0.15, -0.1) is 0 Å². The van der Waals surface area contributed by atoms with Crippen molar-refractivity contribution < 1.29 is 83.9 Å². The van der Waals surface area contributed by atoms with Crippen molar-refractivity contribution in [3.05, 3.63) is 0 Å². The highest BCUT2D eigenvalue weighted by Gasteiger charge is 2.07. The molecule has 0 amide bonds. The van der Waals surface area contributed by atoms with Crippen LogP contribution in [0.15, 0.2) is 0 Å². The summed E-state index contributed by atoms with van der Waals surface area (Å²) < 4.78 is 40.5. The van der Waals surface area contributed by atoms with Crippen LogP contribution in [0.5, 0.6) is 0 Å². The van der Waals surface area contributed by atoms with E-state index in [1.165, 1.54) is 0 Å². The second kappa shape index (κ2) is 47.7. The molecule has 0 saturated heterocycles. The number of hydrogen-bond acceptors (Lipinski definition) is 17. The summed E-state index contributed by atoms with van der Waals surface area (Å²) in [6.07, 6.45) is -1.61. The Hall–Kier alpha value is -0.680. The van der Waals surface area contributed by atoms with Crippen LogP contribution in [0, 0.1) is 0 Å². The van der Waals surface area contributed by atoms with Gasteiger partial charge in [-0.2, -0.15) is 0 Å². The monoisotopic (exact) mass is 672 g/mol. The van der Waals surface area contributed by atoms with Gasteiger partial charge in [-0.05, 0) is 20.8 Å². The molecule has 0 aromatic carbocycles. The van der Waals surface area contributed by atoms with Gasteiger partial charge in [0.2, 0.25) is 0 Å². The summed E-state index contributed by atoms with van der Waals surface area (Å²) in [5, 5.41) is 75.0. The maximum absolute atomic E-state index is 8.92. The molecule has 278 valence electrons. The smallest absolute Gasteiger partial charge is 0.100 e. The Balaban J connectivity index is -0.000000257. The molecule has 0 saturated carbocycles. The van der Waals surface area contributed by atoms with Gasteiger partial charge in [-0.1, -0.05) is 0 Å². The number of ether oxygens (including phenoxy) is 8. The minimum absolute atomic E-state index is 0.0170. The Morgan fingerprint density at radius 1 is 0.378 bits per heavy atom. The minimum atomic E-state index is -0.954. The fraction of sp³-hybridized carbons (Fsp3) is 1.00. The van der Waals surface area contributed by atoms with Crippen LogP contribution in [-0.4, -0.2) is 209 Å². The molecule has 0 heterocycles. The number of aliphatic hydroxyl groups is 9. The Morgan fingerprint density at radius 2 is 0.667 bits per heavy atom. The molecule has 17 nitrogen and oxygen atoms in total. The van der Waals surface area contributed by atoms with Gasteiger partial charge in [-0.3, -0.25) is 0 Å². The van der Waals surface area contributed by atoms with Gasteiger partial charge in [0, 0.05) is 0 Å². The second-order valence-electron chi connectivity index (χ2n) is 8.91. The molecule has 0 aliphatic carbocycles. The molecule has 3 atom stereocenters. The standard InChI is InChI=1S/C9H20O4.2C8H18O5.C3H8O3/c1-7(11)5-12-9(3)6-13-8(2)4-10;2*9-1-3-11-5-7-13-8-6-12-4-2-10;4-1-3(6)2-5/h7-11H,4-6H2,1-3H3;2*9-10H,1-8H2;3-6H,1-2H2. The molecule has 3 unspecified atom stereocenters. The van der Waals surface area contributed by atoms with Crippen LogP contribution in [0.3, 0.4) is 0 Å². The maximum atomic E-state index is 8.92. The van der Waals surface area contributed by atoms with Crippen LogP contribution in [0.25, 0.3) is 0 Å². The minimum Gasteiger partial charge on any atom is -0.394 e. The van der Waals surface area contributed by atoms with Gasteiger partial charge in [-0.25, -0.2) is 0 Å². The predicted molar refractivity (Wildman–Crippen MR) is 163 cm³/mol. The van der Waals surface area contributed by atoms with E-state index in [0.717, 1.165) is 0 Å². The van der Waals surface area contributed by atoms with E-state index < -0.39 is 12.2 Å². The van der Waals surface area contributed by atoms with Crippen molar-refractivity contribution in [2.45, 2.75) is 45.2 Å². The Labute approximate surface area is 268 Å². The molecule has 0 bridgehead atoms. The molecule has 17 heteroatoms. The summed E-state index contributed by atoms with van der Waals surface area (Å²) in [5.74, 6) is 0. The highest BCUT2D eigenvalue weighted by Crippen LogP contribution is 1.97. The van der Waals surface area contributed by atoms with Crippen molar-refractivity contribution in [1.29, 1.82) is 0 Å². The van der Waals surface area contributed by atoms with Crippen molar-refractivity contribution in [2.75, 3.05) is 139 Å². The summed E-state index contributed by atoms with van der Waals surface area (Å²) in [6.45, 7) is 10.9. The van der Waals surface area contributed by atoms with Crippen molar-refractivity contribution in [3.63, 3.8) is 0 Å². The molecule has 45 heavy (non-hydrogen) atoms. The van der Waals surface area contributed by atoms with E-state index in [1.807, 2.05) is 6.92 Å². The molecule has 0 fully saturated rings. The lowest BCUT2D eigenvalue weighted by Gasteiger charge is -2.16. The van der Waals surface area contributed by atoms with Gasteiger partial charge in [0.1, 0.15) is 6.10 Å². The fourth-order valence-corrected chi connectivity index (χ4v) is 2.10. The molecule has 0 aliphatic rings. The van der Waals surface area contributed by atoms with Crippen molar-refractivity contribution >= 4 is 0 Å². The lowest BCUT2D eigenvalue weighted by molar-refractivity contribution is -0.0620. The molecule has 0 aromatic heterocycles. The van der Waals surface area contributed by atoms with Crippen LogP contribution >= 0.6 is 0 Å². The maximum Gasteiger partial charge on any atom is 0.100 e. The van der Waals surface area contributed by atoms with Crippen LogP contribution in [0.1, 0.15) is 20.8 Å². The zero-order valence-electron chi connectivity index (χ0n) is 27.4. The van der Waals surface area contributed by atoms with Gasteiger partial charge in [0.15, 0.2) is 0 Å². The molecule has 0 rings (SSSR count). The third kappa shape index (κ3) is 59.3. The zero-order chi connectivity index (χ0) is 34.8. The summed E-state index contributed by atoms with van der Waals surface area (Å²) in [4.78, 5) is 0. The van der Waals surface area contributed by atoms with E-state index in [2.05, 4.69) is 0 Å². The Kier molecular flexibility index (Phi) is 54.3. The highest BCUT2D eigenvalue weighted by molar-refractivity contribution is 4.53. The SMILES string of the molecule is CC(O)COC(C)COC(C)CO.OCC(O)CO.OCCOCCOCCOCCO.OCCOCCOCCOCCO. The first-order valence-electron chi connectivity index (χ1n) is 15.0. The third-order valence-electron chi connectivity index (χ3n) is 4.35. The zero-order valence-corrected chi connectivity index (χ0v) is 27.4. The van der Waals surface area contributed by atoms with Crippen LogP contribution in [0.2, 0.25) is 0 Å². The quantitative estimate of drug-likeness (QED) is 0.0350. The summed E-state index contributed by atoms with van der Waals surface area (Å²) in [5.41, 5.74) is 0. The predicted octanol–water partition coefficient (Wildman–Crippen LogP) is -3.46. The molecule has 0 spiro atoms. The topological polar surface area (TPSA) is 256 Å². The van der Waals surface area contributed by atoms with Crippen LogP contribution in [0.4, 0.5) is 0 Å². The lowest BCUT2D eigenvalue weighted by atomic mass is 10.4. The lowest BCUT2D eigenvalue weighted by Crippen LogP contribution is -2.24. The second-order valence-corrected chi connectivity index (χ2v) is 8.91. The van der Waals surface area contributed by atoms with Gasteiger partial charge in [0.25, 0.3) is 0 Å². The highest BCUT2D eigenvalue weighted by atomic mass is 16.6. The first kappa shape index (κ1) is 51.2. The van der Waals surface area contributed by atoms with E-state index in [4.69, 9.17) is 83.9 Å². The van der Waals surface area contributed by atoms with E-state index in [1.54, 1.807) is 13.8 Å². The summed E-state index contributed by atoms with van der Waals surface area (Å²) in [7, 11) is 0. The van der Waals surface area contributed by atoms with Gasteiger partial charge in [0.05, 0.1) is 157 Å². The molecular weight excluding hydrogens is 608 g/mol. The average Bonchev–Trinajstić information content (AvgIpc) is 3.05. The van der Waals surface area contributed by atoms with Gasteiger partial charge >= 0.3 is 0 Å². The summed E-state index contributed by atoms with van der Waals surface area (Å²) in [6, 6.07) is 0. The van der Waals surface area contributed by atoms with E-state index >= 15 is 0 Å². The summed E-state index contributed by atoms with van der Waals surface area (Å²) >= 11 is 0. The molecular formula is C28H64O17. The third-order valence-corrected chi connectivity index (χ3v) is 4.35. The number of rotatable bonds is 29. The van der Waals surface area contributed by atoms with Crippen molar-refractivity contribution in [1.82, 2.24) is 0 Å². The van der Waals surface area contributed by atoms with Crippen LogP contribution in [-0.2, 0) is 37.9 Å². The van der Waals surface area contributed by atoms with E-state index in [-0.39, 0.29) is 58.5 Å². The molecule has 0 aromatic rings. The largest absolute Gasteiger partial charge is 0.394 e. The van der Waals surface area contributed by atoms with E-state index in [9.17, 15) is 0 Å². The fourth-order valence-electron chi connectivity index (χ4n) is 2.10. The van der Waals surface area contributed by atoms with Crippen molar-refractivity contribution in [3.8, 4) is 0 Å². The first-order chi connectivity index (χ1) is 21.7. The van der Waals surface area contributed by atoms with Gasteiger partial charge < -0.3 is 83.9 Å². The average molecular weight is 673 g/mol.